The molecule has 2 aromatic heterocycles. The van der Waals surface area contributed by atoms with Gasteiger partial charge in [0.2, 0.25) is 0 Å². The van der Waals surface area contributed by atoms with Gasteiger partial charge < -0.3 is 19.6 Å². The summed E-state index contributed by atoms with van der Waals surface area (Å²) in [7, 11) is 2.85. The number of fused-ring (bicyclic) bond motifs is 2. The zero-order valence-corrected chi connectivity index (χ0v) is 15.0. The molecule has 1 amide bonds. The number of nitrogens with one attached hydrogen (secondary N) is 2. The van der Waals surface area contributed by atoms with Crippen molar-refractivity contribution >= 4 is 39.4 Å². The average molecular weight is 383 g/mol. The molecule has 0 saturated heterocycles. The Morgan fingerprint density at radius 2 is 1.89 bits per heavy atom. The highest BCUT2D eigenvalue weighted by Crippen LogP contribution is 2.28. The molecule has 0 aliphatic rings. The van der Waals surface area contributed by atoms with Gasteiger partial charge >= 0.3 is 5.97 Å². The maximum atomic E-state index is 14.4. The second-order valence-electron chi connectivity index (χ2n) is 6.34. The van der Waals surface area contributed by atoms with Gasteiger partial charge in [-0.15, -0.1) is 0 Å². The number of aryl methyl sites for hydroxylation is 1. The molecule has 0 bridgehead atoms. The molecule has 0 atom stereocenters. The zero-order valence-electron chi connectivity index (χ0n) is 15.0. The van der Waals surface area contributed by atoms with E-state index in [9.17, 15) is 18.4 Å². The second kappa shape index (κ2) is 6.49. The van der Waals surface area contributed by atoms with E-state index in [1.54, 1.807) is 23.9 Å². The fourth-order valence-electron chi connectivity index (χ4n) is 3.24. The summed E-state index contributed by atoms with van der Waals surface area (Å²) in [6.45, 7) is 0. The number of aromatic amines is 1. The number of carbonyl (C=O) groups is 2. The largest absolute Gasteiger partial charge is 0.465 e. The summed E-state index contributed by atoms with van der Waals surface area (Å²) in [5.41, 5.74) is 1.58. The minimum atomic E-state index is -0.799. The van der Waals surface area contributed by atoms with Crippen molar-refractivity contribution in [2.24, 2.45) is 7.05 Å². The lowest BCUT2D eigenvalue weighted by molar-refractivity contribution is 0.0595. The number of benzene rings is 2. The Labute approximate surface area is 157 Å². The van der Waals surface area contributed by atoms with Crippen LogP contribution in [0.15, 0.2) is 42.7 Å². The molecular weight excluding hydrogens is 368 g/mol. The van der Waals surface area contributed by atoms with Crippen LogP contribution in [0.25, 0.3) is 21.8 Å². The van der Waals surface area contributed by atoms with Crippen LogP contribution >= 0.6 is 0 Å². The fourth-order valence-corrected chi connectivity index (χ4v) is 3.24. The van der Waals surface area contributed by atoms with Crippen LogP contribution in [0.4, 0.5) is 14.5 Å². The summed E-state index contributed by atoms with van der Waals surface area (Å²) in [4.78, 5) is 27.5. The molecule has 2 N–H and O–H groups in total. The number of hydrogen-bond acceptors (Lipinski definition) is 3. The number of hydrogen-bond donors (Lipinski definition) is 2. The molecule has 0 spiro atoms. The zero-order chi connectivity index (χ0) is 20.0. The molecule has 0 aliphatic heterocycles. The van der Waals surface area contributed by atoms with Crippen LogP contribution in [0.3, 0.4) is 0 Å². The highest BCUT2D eigenvalue weighted by Gasteiger charge is 2.20. The van der Waals surface area contributed by atoms with Gasteiger partial charge in [0, 0.05) is 41.2 Å². The first-order chi connectivity index (χ1) is 13.4. The highest BCUT2D eigenvalue weighted by atomic mass is 19.1. The lowest BCUT2D eigenvalue weighted by Crippen LogP contribution is -2.11. The lowest BCUT2D eigenvalue weighted by Gasteiger charge is -2.05. The van der Waals surface area contributed by atoms with E-state index < -0.39 is 23.5 Å². The average Bonchev–Trinajstić information content (AvgIpc) is 3.21. The maximum absolute atomic E-state index is 14.4. The Bertz CT molecular complexity index is 1260. The predicted molar refractivity (Wildman–Crippen MR) is 100 cm³/mol. The summed E-state index contributed by atoms with van der Waals surface area (Å²) < 4.78 is 34.1. The van der Waals surface area contributed by atoms with E-state index in [4.69, 9.17) is 0 Å². The molecule has 4 rings (SSSR count). The van der Waals surface area contributed by atoms with Crippen molar-refractivity contribution in [1.82, 2.24) is 9.55 Å². The summed E-state index contributed by atoms with van der Waals surface area (Å²) in [5.74, 6) is -2.49. The molecular formula is C20H15F2N3O3. The maximum Gasteiger partial charge on any atom is 0.340 e. The van der Waals surface area contributed by atoms with E-state index in [1.807, 2.05) is 0 Å². The summed E-state index contributed by atoms with van der Waals surface area (Å²) in [6, 6.07) is 6.67. The summed E-state index contributed by atoms with van der Waals surface area (Å²) in [5, 5.41) is 3.58. The number of ether oxygens (including phenoxy) is 1. The highest BCUT2D eigenvalue weighted by molar-refractivity contribution is 6.15. The van der Waals surface area contributed by atoms with Gasteiger partial charge in [-0.3, -0.25) is 4.79 Å². The third-order valence-corrected chi connectivity index (χ3v) is 4.62. The first-order valence-electron chi connectivity index (χ1n) is 8.34. The molecule has 2 heterocycles. The molecule has 0 fully saturated rings. The Balaban J connectivity index is 1.76. The molecule has 0 saturated carbocycles. The van der Waals surface area contributed by atoms with Crippen LogP contribution in [0.2, 0.25) is 0 Å². The van der Waals surface area contributed by atoms with Gasteiger partial charge in [0.15, 0.2) is 0 Å². The molecule has 0 unspecified atom stereocenters. The number of methoxy groups -OCH3 is 1. The number of amides is 1. The first kappa shape index (κ1) is 17.7. The molecule has 6 nitrogen and oxygen atoms in total. The van der Waals surface area contributed by atoms with E-state index in [2.05, 4.69) is 15.0 Å². The van der Waals surface area contributed by atoms with Gasteiger partial charge in [-0.25, -0.2) is 13.6 Å². The normalized spacial score (nSPS) is 11.1. The topological polar surface area (TPSA) is 76.1 Å². The van der Waals surface area contributed by atoms with Gasteiger partial charge in [0.1, 0.15) is 11.6 Å². The van der Waals surface area contributed by atoms with Crippen LogP contribution in [0.5, 0.6) is 0 Å². The Kier molecular flexibility index (Phi) is 4.11. The Hall–Kier alpha value is -3.68. The summed E-state index contributed by atoms with van der Waals surface area (Å²) in [6.07, 6.45) is 3.10. The molecule has 28 heavy (non-hydrogen) atoms. The molecule has 8 heteroatoms. The standard InChI is InChI=1S/C20H15F2N3O3/c1-25-9-14(11-6-15(22)12(7-18(11)25)20(27)28-2)19(26)24-17-8-23-16-4-3-10(21)5-13(16)17/h3-9,23H,1-2H3,(H,24,26). The smallest absolute Gasteiger partial charge is 0.340 e. The molecule has 142 valence electrons. The summed E-state index contributed by atoms with van der Waals surface area (Å²) >= 11 is 0. The van der Waals surface area contributed by atoms with Crippen molar-refractivity contribution in [3.8, 4) is 0 Å². The van der Waals surface area contributed by atoms with E-state index in [0.29, 0.717) is 27.5 Å². The monoisotopic (exact) mass is 383 g/mol. The number of H-pyrrole nitrogens is 1. The first-order valence-corrected chi connectivity index (χ1v) is 8.34. The fraction of sp³-hybridized carbons (Fsp3) is 0.100. The molecule has 0 aliphatic carbocycles. The van der Waals surface area contributed by atoms with Crippen LogP contribution in [-0.2, 0) is 11.8 Å². The van der Waals surface area contributed by atoms with E-state index in [-0.39, 0.29) is 11.1 Å². The number of aromatic nitrogens is 2. The SMILES string of the molecule is COC(=O)c1cc2c(cc1F)c(C(=O)Nc1c[nH]c3ccc(F)cc13)cn2C. The van der Waals surface area contributed by atoms with Crippen molar-refractivity contribution < 1.29 is 23.1 Å². The quantitative estimate of drug-likeness (QED) is 0.526. The third-order valence-electron chi connectivity index (χ3n) is 4.62. The number of rotatable bonds is 3. The van der Waals surface area contributed by atoms with Crippen molar-refractivity contribution in [2.75, 3.05) is 12.4 Å². The number of carbonyl (C=O) groups excluding carboxylic acids is 2. The van der Waals surface area contributed by atoms with E-state index in [0.717, 1.165) is 6.07 Å². The van der Waals surface area contributed by atoms with E-state index >= 15 is 0 Å². The molecule has 4 aromatic rings. The van der Waals surface area contributed by atoms with Gasteiger partial charge in [0.05, 0.1) is 23.9 Å². The molecule has 2 aromatic carbocycles. The third kappa shape index (κ3) is 2.79. The van der Waals surface area contributed by atoms with Crippen LogP contribution in [0, 0.1) is 11.6 Å². The number of halogens is 2. The predicted octanol–water partition coefficient (Wildman–Crippen LogP) is 3.98. The van der Waals surface area contributed by atoms with Gasteiger partial charge in [-0.2, -0.15) is 0 Å². The number of esters is 1. The molecule has 0 radical (unpaired) electrons. The van der Waals surface area contributed by atoms with Gasteiger partial charge in [-0.05, 0) is 30.3 Å². The van der Waals surface area contributed by atoms with Crippen LogP contribution < -0.4 is 5.32 Å². The van der Waals surface area contributed by atoms with Crippen molar-refractivity contribution in [3.05, 3.63) is 65.5 Å². The minimum absolute atomic E-state index is 0.213. The van der Waals surface area contributed by atoms with E-state index in [1.165, 1.54) is 31.5 Å². The lowest BCUT2D eigenvalue weighted by atomic mass is 10.1. The van der Waals surface area contributed by atoms with Crippen molar-refractivity contribution in [2.45, 2.75) is 0 Å². The Morgan fingerprint density at radius 1 is 1.11 bits per heavy atom. The number of nitrogens with zero attached hydrogens (tertiary/aromatic N) is 1. The minimum Gasteiger partial charge on any atom is -0.465 e. The van der Waals surface area contributed by atoms with Crippen LogP contribution in [-0.4, -0.2) is 28.5 Å². The Morgan fingerprint density at radius 3 is 2.64 bits per heavy atom. The van der Waals surface area contributed by atoms with Gasteiger partial charge in [0.25, 0.3) is 5.91 Å². The second-order valence-corrected chi connectivity index (χ2v) is 6.34. The van der Waals surface area contributed by atoms with Crippen LogP contribution in [0.1, 0.15) is 20.7 Å². The number of anilines is 1. The van der Waals surface area contributed by atoms with Gasteiger partial charge in [-0.1, -0.05) is 0 Å². The van der Waals surface area contributed by atoms with Crippen molar-refractivity contribution in [1.29, 1.82) is 0 Å². The van der Waals surface area contributed by atoms with Crippen molar-refractivity contribution in [3.63, 3.8) is 0 Å².